The number of nitrogens with zero attached hydrogens (tertiary/aromatic N) is 3. The van der Waals surface area contributed by atoms with Gasteiger partial charge in [0.1, 0.15) is 5.82 Å². The van der Waals surface area contributed by atoms with Crippen molar-refractivity contribution < 1.29 is 4.74 Å². The van der Waals surface area contributed by atoms with E-state index < -0.39 is 0 Å². The SMILES string of the molecule is CCC1CC(Nc2cccnc2-n2ccnc2C)CCO1. The minimum absolute atomic E-state index is 0.367. The van der Waals surface area contributed by atoms with Gasteiger partial charge in [-0.05, 0) is 38.3 Å². The van der Waals surface area contributed by atoms with Crippen molar-refractivity contribution in [1.29, 1.82) is 0 Å². The Morgan fingerprint density at radius 2 is 2.29 bits per heavy atom. The molecule has 0 bridgehead atoms. The predicted molar refractivity (Wildman–Crippen MR) is 82.8 cm³/mol. The van der Waals surface area contributed by atoms with E-state index in [0.29, 0.717) is 12.1 Å². The zero-order valence-electron chi connectivity index (χ0n) is 12.6. The van der Waals surface area contributed by atoms with Crippen LogP contribution in [-0.4, -0.2) is 33.3 Å². The molecule has 112 valence electrons. The molecule has 21 heavy (non-hydrogen) atoms. The van der Waals surface area contributed by atoms with Gasteiger partial charge in [0.25, 0.3) is 0 Å². The summed E-state index contributed by atoms with van der Waals surface area (Å²) in [5.41, 5.74) is 1.06. The van der Waals surface area contributed by atoms with Crippen LogP contribution in [0.5, 0.6) is 0 Å². The largest absolute Gasteiger partial charge is 0.379 e. The number of aryl methyl sites for hydroxylation is 1. The van der Waals surface area contributed by atoms with Gasteiger partial charge in [-0.25, -0.2) is 9.97 Å². The van der Waals surface area contributed by atoms with Crippen molar-refractivity contribution in [3.8, 4) is 5.82 Å². The van der Waals surface area contributed by atoms with E-state index >= 15 is 0 Å². The van der Waals surface area contributed by atoms with Gasteiger partial charge in [-0.1, -0.05) is 6.92 Å². The molecular formula is C16H22N4O. The van der Waals surface area contributed by atoms with Crippen LogP contribution in [0.1, 0.15) is 32.0 Å². The molecule has 0 radical (unpaired) electrons. The van der Waals surface area contributed by atoms with Crippen LogP contribution in [-0.2, 0) is 4.74 Å². The number of anilines is 1. The van der Waals surface area contributed by atoms with Crippen molar-refractivity contribution in [2.75, 3.05) is 11.9 Å². The lowest BCUT2D eigenvalue weighted by molar-refractivity contribution is 0.00925. The van der Waals surface area contributed by atoms with Crippen molar-refractivity contribution in [3.05, 3.63) is 36.5 Å². The molecule has 0 saturated carbocycles. The molecule has 2 aromatic rings. The van der Waals surface area contributed by atoms with Gasteiger partial charge in [-0.15, -0.1) is 0 Å². The standard InChI is InChI=1S/C16H22N4O/c1-3-14-11-13(6-10-21-14)19-15-5-4-7-18-16(15)20-9-8-17-12(20)2/h4-5,7-9,13-14,19H,3,6,10-11H2,1-2H3. The number of nitrogens with one attached hydrogen (secondary N) is 1. The predicted octanol–water partition coefficient (Wildman–Crippen LogP) is 2.95. The van der Waals surface area contributed by atoms with Gasteiger partial charge in [-0.2, -0.15) is 0 Å². The van der Waals surface area contributed by atoms with Gasteiger partial charge in [0.15, 0.2) is 5.82 Å². The van der Waals surface area contributed by atoms with Crippen molar-refractivity contribution in [2.45, 2.75) is 45.3 Å². The van der Waals surface area contributed by atoms with Gasteiger partial charge in [0.05, 0.1) is 11.8 Å². The molecule has 2 unspecified atom stereocenters. The minimum Gasteiger partial charge on any atom is -0.379 e. The van der Waals surface area contributed by atoms with Gasteiger partial charge >= 0.3 is 0 Å². The lowest BCUT2D eigenvalue weighted by atomic mass is 10.0. The van der Waals surface area contributed by atoms with E-state index in [9.17, 15) is 0 Å². The summed E-state index contributed by atoms with van der Waals surface area (Å²) in [6.07, 6.45) is 9.09. The van der Waals surface area contributed by atoms with Crippen LogP contribution < -0.4 is 5.32 Å². The molecule has 2 atom stereocenters. The molecule has 0 amide bonds. The Morgan fingerprint density at radius 1 is 1.38 bits per heavy atom. The zero-order chi connectivity index (χ0) is 14.7. The molecule has 3 rings (SSSR count). The second-order valence-corrected chi connectivity index (χ2v) is 5.49. The van der Waals surface area contributed by atoms with Crippen molar-refractivity contribution in [1.82, 2.24) is 14.5 Å². The van der Waals surface area contributed by atoms with E-state index in [2.05, 4.69) is 28.3 Å². The zero-order valence-corrected chi connectivity index (χ0v) is 12.6. The fourth-order valence-electron chi connectivity index (χ4n) is 2.82. The number of aromatic nitrogens is 3. The fraction of sp³-hybridized carbons (Fsp3) is 0.500. The van der Waals surface area contributed by atoms with Crippen molar-refractivity contribution in [3.63, 3.8) is 0 Å². The molecule has 2 aromatic heterocycles. The Kier molecular flexibility index (Phi) is 4.20. The third-order valence-electron chi connectivity index (χ3n) is 4.02. The van der Waals surface area contributed by atoms with E-state index in [1.165, 1.54) is 0 Å². The first-order valence-electron chi connectivity index (χ1n) is 7.61. The molecule has 1 saturated heterocycles. The highest BCUT2D eigenvalue weighted by Crippen LogP contribution is 2.24. The number of hydrogen-bond acceptors (Lipinski definition) is 4. The number of ether oxygens (including phenoxy) is 1. The normalized spacial score (nSPS) is 22.2. The van der Waals surface area contributed by atoms with E-state index in [4.69, 9.17) is 4.74 Å². The molecule has 5 heteroatoms. The first kappa shape index (κ1) is 14.1. The number of rotatable bonds is 4. The molecule has 3 heterocycles. The molecule has 1 fully saturated rings. The summed E-state index contributed by atoms with van der Waals surface area (Å²) >= 11 is 0. The van der Waals surface area contributed by atoms with Crippen LogP contribution in [0.3, 0.4) is 0 Å². The number of pyridine rings is 1. The Labute approximate surface area is 125 Å². The van der Waals surface area contributed by atoms with Crippen LogP contribution in [0.15, 0.2) is 30.7 Å². The molecule has 5 nitrogen and oxygen atoms in total. The van der Waals surface area contributed by atoms with Gasteiger partial charge in [-0.3, -0.25) is 4.57 Å². The average Bonchev–Trinajstić information content (AvgIpc) is 2.94. The first-order valence-corrected chi connectivity index (χ1v) is 7.61. The Bertz CT molecular complexity index is 595. The van der Waals surface area contributed by atoms with Crippen LogP contribution in [0.25, 0.3) is 5.82 Å². The summed E-state index contributed by atoms with van der Waals surface area (Å²) < 4.78 is 7.76. The Hall–Kier alpha value is -1.88. The molecular weight excluding hydrogens is 264 g/mol. The van der Waals surface area contributed by atoms with Crippen LogP contribution in [0, 0.1) is 6.92 Å². The Balaban J connectivity index is 1.81. The fourth-order valence-corrected chi connectivity index (χ4v) is 2.82. The lowest BCUT2D eigenvalue weighted by Gasteiger charge is -2.30. The molecule has 1 N–H and O–H groups in total. The second-order valence-electron chi connectivity index (χ2n) is 5.49. The summed E-state index contributed by atoms with van der Waals surface area (Å²) in [7, 11) is 0. The first-order chi connectivity index (χ1) is 10.3. The van der Waals surface area contributed by atoms with E-state index in [-0.39, 0.29) is 0 Å². The minimum atomic E-state index is 0.367. The maximum absolute atomic E-state index is 5.75. The molecule has 0 aromatic carbocycles. The summed E-state index contributed by atoms with van der Waals surface area (Å²) in [5, 5.41) is 3.64. The summed E-state index contributed by atoms with van der Waals surface area (Å²) in [6.45, 7) is 4.99. The molecule has 1 aliphatic heterocycles. The second kappa shape index (κ2) is 6.26. The summed E-state index contributed by atoms with van der Waals surface area (Å²) in [6, 6.07) is 4.49. The average molecular weight is 286 g/mol. The van der Waals surface area contributed by atoms with Crippen LogP contribution in [0.2, 0.25) is 0 Å². The van der Waals surface area contributed by atoms with E-state index in [0.717, 1.165) is 43.2 Å². The third kappa shape index (κ3) is 3.08. The lowest BCUT2D eigenvalue weighted by Crippen LogP contribution is -2.34. The molecule has 0 aliphatic carbocycles. The third-order valence-corrected chi connectivity index (χ3v) is 4.02. The van der Waals surface area contributed by atoms with Gasteiger partial charge < -0.3 is 10.1 Å². The number of imidazole rings is 1. The Morgan fingerprint density at radius 3 is 3.05 bits per heavy atom. The highest BCUT2D eigenvalue weighted by Gasteiger charge is 2.22. The quantitative estimate of drug-likeness (QED) is 0.939. The summed E-state index contributed by atoms with van der Waals surface area (Å²) in [4.78, 5) is 8.80. The van der Waals surface area contributed by atoms with E-state index in [1.807, 2.05) is 30.0 Å². The monoisotopic (exact) mass is 286 g/mol. The topological polar surface area (TPSA) is 52.0 Å². The smallest absolute Gasteiger partial charge is 0.161 e. The van der Waals surface area contributed by atoms with Gasteiger partial charge in [0.2, 0.25) is 0 Å². The maximum atomic E-state index is 5.75. The van der Waals surface area contributed by atoms with E-state index in [1.54, 1.807) is 6.20 Å². The summed E-state index contributed by atoms with van der Waals surface area (Å²) in [5.74, 6) is 1.85. The van der Waals surface area contributed by atoms with Crippen LogP contribution in [0.4, 0.5) is 5.69 Å². The molecule has 0 spiro atoms. The van der Waals surface area contributed by atoms with Crippen molar-refractivity contribution in [2.24, 2.45) is 0 Å². The van der Waals surface area contributed by atoms with Gasteiger partial charge in [0, 0.05) is 31.2 Å². The highest BCUT2D eigenvalue weighted by molar-refractivity contribution is 5.57. The molecule has 1 aliphatic rings. The highest BCUT2D eigenvalue weighted by atomic mass is 16.5. The van der Waals surface area contributed by atoms with Crippen LogP contribution >= 0.6 is 0 Å². The van der Waals surface area contributed by atoms with Crippen molar-refractivity contribution >= 4 is 5.69 Å². The number of hydrogen-bond donors (Lipinski definition) is 1. The maximum Gasteiger partial charge on any atom is 0.161 e.